The van der Waals surface area contributed by atoms with E-state index in [1.54, 1.807) is 4.68 Å². The highest BCUT2D eigenvalue weighted by molar-refractivity contribution is 5.74. The summed E-state index contributed by atoms with van der Waals surface area (Å²) in [5.41, 5.74) is 6.42. The third kappa shape index (κ3) is 5.75. The van der Waals surface area contributed by atoms with Crippen LogP contribution in [0.15, 0.2) is 115 Å². The number of aromatic nitrogens is 3. The number of aromatic hydroxyl groups is 1. The van der Waals surface area contributed by atoms with E-state index in [-0.39, 0.29) is 17.7 Å². The van der Waals surface area contributed by atoms with Crippen LogP contribution in [0.3, 0.4) is 0 Å². The van der Waals surface area contributed by atoms with Gasteiger partial charge in [-0.05, 0) is 103 Å². The van der Waals surface area contributed by atoms with E-state index in [0.29, 0.717) is 48.6 Å². The smallest absolute Gasteiger partial charge is 0.243 e. The van der Waals surface area contributed by atoms with Gasteiger partial charge in [-0.3, -0.25) is 14.3 Å². The summed E-state index contributed by atoms with van der Waals surface area (Å²) in [4.78, 5) is 19.8. The normalized spacial score (nSPS) is 25.4. The molecule has 1 amide bonds. The van der Waals surface area contributed by atoms with Gasteiger partial charge >= 0.3 is 0 Å². The molecule has 0 aliphatic heterocycles. The summed E-state index contributed by atoms with van der Waals surface area (Å²) >= 11 is 0. The Morgan fingerprint density at radius 1 is 0.902 bits per heavy atom. The summed E-state index contributed by atoms with van der Waals surface area (Å²) in [6.45, 7) is 2.75. The van der Waals surface area contributed by atoms with Crippen molar-refractivity contribution in [2.24, 2.45) is 17.3 Å². The third-order valence-corrected chi connectivity index (χ3v) is 12.5. The van der Waals surface area contributed by atoms with E-state index in [1.807, 2.05) is 109 Å². The van der Waals surface area contributed by atoms with Gasteiger partial charge in [-0.2, -0.15) is 0 Å². The largest absolute Gasteiger partial charge is 0.508 e. The molecule has 0 unspecified atom stereocenters. The molecule has 8 heteroatoms. The van der Waals surface area contributed by atoms with E-state index < -0.39 is 11.2 Å². The van der Waals surface area contributed by atoms with Crippen molar-refractivity contribution >= 4 is 5.91 Å². The number of benzene rings is 4. The molecule has 8 nitrogen and oxygen atoms in total. The average molecular weight is 683 g/mol. The first-order valence-electron chi connectivity index (χ1n) is 18.4. The molecule has 3 N–H and O–H groups in total. The molecule has 3 aliphatic rings. The number of carbonyl (C=O) groups is 1. The second-order valence-electron chi connectivity index (χ2n) is 15.0. The summed E-state index contributed by atoms with van der Waals surface area (Å²) in [6.07, 6.45) is 8.27. The number of hydroxylamine groups is 1. The first-order chi connectivity index (χ1) is 24.8. The molecule has 0 radical (unpaired) electrons. The van der Waals surface area contributed by atoms with Crippen LogP contribution in [0, 0.1) is 17.3 Å². The maximum absolute atomic E-state index is 13.3. The number of nitrogens with one attached hydrogen (secondary N) is 1. The Labute approximate surface area is 299 Å². The number of nitrogens with zero attached hydrogens (tertiary/aromatic N) is 3. The Morgan fingerprint density at radius 3 is 2.20 bits per heavy atom. The maximum Gasteiger partial charge on any atom is 0.243 e. The van der Waals surface area contributed by atoms with Crippen molar-refractivity contribution in [1.82, 2.24) is 20.5 Å². The molecule has 0 saturated heterocycles. The molecule has 0 spiro atoms. The third-order valence-electron chi connectivity index (χ3n) is 12.5. The number of fused-ring (bicyclic) bond motifs is 5. The summed E-state index contributed by atoms with van der Waals surface area (Å²) in [5, 5.41) is 31.4. The first-order valence-corrected chi connectivity index (χ1v) is 18.4. The van der Waals surface area contributed by atoms with Gasteiger partial charge in [-0.15, -0.1) is 5.10 Å². The number of phenolic OH excluding ortho intramolecular Hbond substituents is 1. The van der Waals surface area contributed by atoms with Gasteiger partial charge in [-0.1, -0.05) is 109 Å². The zero-order chi connectivity index (χ0) is 35.1. The van der Waals surface area contributed by atoms with Crippen molar-refractivity contribution in [2.75, 3.05) is 0 Å². The minimum atomic E-state index is -1.05. The second kappa shape index (κ2) is 13.4. The van der Waals surface area contributed by atoms with E-state index in [0.717, 1.165) is 48.8 Å². The van der Waals surface area contributed by atoms with Crippen LogP contribution in [0.1, 0.15) is 91.3 Å². The van der Waals surface area contributed by atoms with Crippen molar-refractivity contribution < 1.29 is 19.8 Å². The monoisotopic (exact) mass is 682 g/mol. The van der Waals surface area contributed by atoms with Crippen LogP contribution in [-0.2, 0) is 33.8 Å². The number of amides is 1. The number of phenols is 1. The Hall–Kier alpha value is -4.79. The number of aliphatic hydroxyl groups is 1. The predicted octanol–water partition coefficient (Wildman–Crippen LogP) is 7.55. The lowest BCUT2D eigenvalue weighted by Crippen LogP contribution is -2.49. The van der Waals surface area contributed by atoms with Crippen LogP contribution in [0.4, 0.5) is 0 Å². The predicted molar refractivity (Wildman–Crippen MR) is 194 cm³/mol. The van der Waals surface area contributed by atoms with Gasteiger partial charge in [0, 0.05) is 18.4 Å². The van der Waals surface area contributed by atoms with Crippen molar-refractivity contribution in [2.45, 2.75) is 82.0 Å². The first kappa shape index (κ1) is 33.4. The molecule has 2 saturated carbocycles. The summed E-state index contributed by atoms with van der Waals surface area (Å²) in [7, 11) is 0. The van der Waals surface area contributed by atoms with Crippen LogP contribution in [0.5, 0.6) is 5.75 Å². The van der Waals surface area contributed by atoms with E-state index in [9.17, 15) is 15.0 Å². The van der Waals surface area contributed by atoms with Crippen LogP contribution in [-0.4, -0.2) is 31.1 Å². The van der Waals surface area contributed by atoms with Gasteiger partial charge in [0.05, 0.1) is 6.20 Å². The van der Waals surface area contributed by atoms with E-state index in [1.165, 1.54) is 11.1 Å². The van der Waals surface area contributed by atoms with Crippen molar-refractivity contribution in [3.05, 3.63) is 149 Å². The Morgan fingerprint density at radius 2 is 1.55 bits per heavy atom. The SMILES string of the molecule is C[C@]12CC[C@@H]3c4ccc(O)cc4CC[C@H]3[C@@H]1CC[C@@]2(O)c1cn(CCCC(=O)NOC(c2ccccc2)(c2ccccc2)c2ccccc2)nn1. The van der Waals surface area contributed by atoms with Crippen molar-refractivity contribution in [1.29, 1.82) is 0 Å². The quantitative estimate of drug-likeness (QED) is 0.104. The molecular weight excluding hydrogens is 636 g/mol. The molecule has 8 rings (SSSR count). The van der Waals surface area contributed by atoms with Crippen LogP contribution in [0.2, 0.25) is 0 Å². The average Bonchev–Trinajstić information content (AvgIpc) is 3.75. The number of hydrogen-bond acceptors (Lipinski definition) is 6. The molecule has 0 bridgehead atoms. The molecular formula is C43H46N4O4. The second-order valence-corrected chi connectivity index (χ2v) is 15.0. The Balaban J connectivity index is 0.932. The summed E-state index contributed by atoms with van der Waals surface area (Å²) < 4.78 is 1.76. The topological polar surface area (TPSA) is 110 Å². The van der Waals surface area contributed by atoms with Gasteiger partial charge < -0.3 is 10.2 Å². The van der Waals surface area contributed by atoms with E-state index in [4.69, 9.17) is 4.84 Å². The lowest BCUT2D eigenvalue weighted by molar-refractivity contribution is -0.143. The lowest BCUT2D eigenvalue weighted by atomic mass is 9.53. The highest BCUT2D eigenvalue weighted by Gasteiger charge is 2.63. The van der Waals surface area contributed by atoms with Gasteiger partial charge in [-0.25, -0.2) is 5.48 Å². The molecule has 1 aromatic heterocycles. The number of aryl methyl sites for hydroxylation is 2. The molecule has 2 fully saturated rings. The molecule has 1 heterocycles. The highest BCUT2D eigenvalue weighted by Crippen LogP contribution is 2.66. The molecule has 3 aliphatic carbocycles. The van der Waals surface area contributed by atoms with Gasteiger partial charge in [0.2, 0.25) is 5.91 Å². The Kier molecular flexibility index (Phi) is 8.76. The number of rotatable bonds is 10. The van der Waals surface area contributed by atoms with Gasteiger partial charge in [0.1, 0.15) is 17.0 Å². The molecule has 262 valence electrons. The highest BCUT2D eigenvalue weighted by atomic mass is 16.7. The molecule has 5 atom stereocenters. The summed E-state index contributed by atoms with van der Waals surface area (Å²) in [6, 6.07) is 35.7. The van der Waals surface area contributed by atoms with Crippen LogP contribution >= 0.6 is 0 Å². The fourth-order valence-electron chi connectivity index (χ4n) is 9.88. The zero-order valence-electron chi connectivity index (χ0n) is 29.1. The number of carbonyl (C=O) groups excluding carboxylic acids is 1. The van der Waals surface area contributed by atoms with Crippen LogP contribution < -0.4 is 5.48 Å². The number of hydrogen-bond donors (Lipinski definition) is 3. The molecule has 51 heavy (non-hydrogen) atoms. The zero-order valence-corrected chi connectivity index (χ0v) is 29.1. The standard InChI is InChI=1S/C43H46N4O4/c1-41-25-23-36-35-22-20-34(48)28-30(35)19-21-37(36)38(41)24-26-42(41,50)39-29-47(46-44-39)27-11-18-40(49)45-51-43(31-12-5-2-6-13-31,32-14-7-3-8-15-32)33-16-9-4-10-17-33/h2-10,12-17,20,22,28-29,36-38,48,50H,11,18-19,21,23-27H2,1H3,(H,45,49)/t36-,37-,38+,41+,42-/m1/s1. The van der Waals surface area contributed by atoms with Crippen LogP contribution in [0.25, 0.3) is 0 Å². The van der Waals surface area contributed by atoms with E-state index >= 15 is 0 Å². The van der Waals surface area contributed by atoms with Gasteiger partial charge in [0.15, 0.2) is 5.60 Å². The molecule has 4 aromatic carbocycles. The fourth-order valence-corrected chi connectivity index (χ4v) is 9.88. The van der Waals surface area contributed by atoms with Gasteiger partial charge in [0.25, 0.3) is 0 Å². The molecule has 5 aromatic rings. The minimum absolute atomic E-state index is 0.228. The van der Waals surface area contributed by atoms with Crippen molar-refractivity contribution in [3.8, 4) is 5.75 Å². The summed E-state index contributed by atoms with van der Waals surface area (Å²) in [5.74, 6) is 1.49. The van der Waals surface area contributed by atoms with Crippen molar-refractivity contribution in [3.63, 3.8) is 0 Å². The minimum Gasteiger partial charge on any atom is -0.508 e. The van der Waals surface area contributed by atoms with E-state index in [2.05, 4.69) is 28.8 Å². The lowest BCUT2D eigenvalue weighted by Gasteiger charge is -2.52. The maximum atomic E-state index is 13.3. The fraction of sp³-hybridized carbons (Fsp3) is 0.372. The Bertz CT molecular complexity index is 1890.